The second-order valence-corrected chi connectivity index (χ2v) is 5.21. The van der Waals surface area contributed by atoms with E-state index in [1.54, 1.807) is 0 Å². The standard InChI is InChI=1S/C14H22F6O/c1-2-3-4-5-6-7-8-9-10-11(21)12(13(15,16)17)14(18,19)20/h12H,2-10H2,1H3. The van der Waals surface area contributed by atoms with Gasteiger partial charge >= 0.3 is 12.4 Å². The molecule has 0 amide bonds. The lowest BCUT2D eigenvalue weighted by Crippen LogP contribution is -2.42. The first-order chi connectivity index (χ1) is 9.60. The van der Waals surface area contributed by atoms with E-state index in [1.165, 1.54) is 0 Å². The van der Waals surface area contributed by atoms with Crippen molar-refractivity contribution in [2.24, 2.45) is 5.92 Å². The van der Waals surface area contributed by atoms with Crippen molar-refractivity contribution in [1.82, 2.24) is 0 Å². The zero-order valence-corrected chi connectivity index (χ0v) is 12.1. The molecule has 0 spiro atoms. The van der Waals surface area contributed by atoms with Crippen LogP contribution in [0.2, 0.25) is 0 Å². The minimum Gasteiger partial charge on any atom is -0.299 e. The van der Waals surface area contributed by atoms with Crippen LogP contribution in [0, 0.1) is 5.92 Å². The van der Waals surface area contributed by atoms with E-state index in [9.17, 15) is 31.1 Å². The molecule has 0 aromatic rings. The lowest BCUT2D eigenvalue weighted by Gasteiger charge is -2.21. The molecule has 21 heavy (non-hydrogen) atoms. The van der Waals surface area contributed by atoms with Gasteiger partial charge in [-0.25, -0.2) is 0 Å². The molecular weight excluding hydrogens is 298 g/mol. The van der Waals surface area contributed by atoms with Crippen LogP contribution in [0.15, 0.2) is 0 Å². The first-order valence-electron chi connectivity index (χ1n) is 7.26. The minimum atomic E-state index is -5.56. The summed E-state index contributed by atoms with van der Waals surface area (Å²) < 4.78 is 73.6. The van der Waals surface area contributed by atoms with Gasteiger partial charge in [-0.2, -0.15) is 26.3 Å². The maximum absolute atomic E-state index is 12.3. The van der Waals surface area contributed by atoms with Gasteiger partial charge in [0, 0.05) is 6.42 Å². The van der Waals surface area contributed by atoms with Gasteiger partial charge in [-0.05, 0) is 6.42 Å². The maximum atomic E-state index is 12.3. The van der Waals surface area contributed by atoms with Gasteiger partial charge in [-0.15, -0.1) is 0 Å². The van der Waals surface area contributed by atoms with Gasteiger partial charge in [0.2, 0.25) is 5.92 Å². The van der Waals surface area contributed by atoms with Crippen molar-refractivity contribution in [3.05, 3.63) is 0 Å². The highest BCUT2D eigenvalue weighted by atomic mass is 19.4. The quantitative estimate of drug-likeness (QED) is 0.366. The van der Waals surface area contributed by atoms with E-state index in [2.05, 4.69) is 6.92 Å². The fourth-order valence-corrected chi connectivity index (χ4v) is 2.13. The Labute approximate surface area is 121 Å². The number of alkyl halides is 6. The third-order valence-corrected chi connectivity index (χ3v) is 3.25. The molecule has 0 fully saturated rings. The van der Waals surface area contributed by atoms with Crippen LogP contribution in [0.4, 0.5) is 26.3 Å². The van der Waals surface area contributed by atoms with Crippen molar-refractivity contribution in [3.63, 3.8) is 0 Å². The smallest absolute Gasteiger partial charge is 0.299 e. The number of rotatable bonds is 10. The zero-order chi connectivity index (χ0) is 16.5. The number of carbonyl (C=O) groups excluding carboxylic acids is 1. The van der Waals surface area contributed by atoms with E-state index < -0.39 is 30.5 Å². The van der Waals surface area contributed by atoms with Gasteiger partial charge in [0.05, 0.1) is 0 Å². The van der Waals surface area contributed by atoms with Gasteiger partial charge in [-0.1, -0.05) is 51.9 Å². The van der Waals surface area contributed by atoms with Crippen LogP contribution in [0.25, 0.3) is 0 Å². The van der Waals surface area contributed by atoms with Crippen molar-refractivity contribution in [1.29, 1.82) is 0 Å². The number of ketones is 1. The fraction of sp³-hybridized carbons (Fsp3) is 0.929. The summed E-state index contributed by atoms with van der Waals surface area (Å²) in [4.78, 5) is 11.2. The topological polar surface area (TPSA) is 17.1 Å². The van der Waals surface area contributed by atoms with Crippen LogP contribution < -0.4 is 0 Å². The molecule has 0 saturated heterocycles. The zero-order valence-electron chi connectivity index (χ0n) is 12.1. The van der Waals surface area contributed by atoms with Gasteiger partial charge < -0.3 is 0 Å². The van der Waals surface area contributed by atoms with Crippen molar-refractivity contribution < 1.29 is 31.1 Å². The van der Waals surface area contributed by atoms with E-state index in [0.29, 0.717) is 6.42 Å². The summed E-state index contributed by atoms with van der Waals surface area (Å²) in [5.41, 5.74) is 0. The van der Waals surface area contributed by atoms with Crippen LogP contribution in [0.5, 0.6) is 0 Å². The first-order valence-corrected chi connectivity index (χ1v) is 7.26. The fourth-order valence-electron chi connectivity index (χ4n) is 2.13. The second-order valence-electron chi connectivity index (χ2n) is 5.21. The summed E-state index contributed by atoms with van der Waals surface area (Å²) in [6.45, 7) is 2.07. The molecule has 126 valence electrons. The highest BCUT2D eigenvalue weighted by Crippen LogP contribution is 2.40. The molecular formula is C14H22F6O. The van der Waals surface area contributed by atoms with Crippen LogP contribution in [0.3, 0.4) is 0 Å². The summed E-state index contributed by atoms with van der Waals surface area (Å²) in [6, 6.07) is 0. The summed E-state index contributed by atoms with van der Waals surface area (Å²) in [5, 5.41) is 0. The molecule has 7 heteroatoms. The van der Waals surface area contributed by atoms with E-state index in [4.69, 9.17) is 0 Å². The third-order valence-electron chi connectivity index (χ3n) is 3.25. The van der Waals surface area contributed by atoms with Gasteiger partial charge in [0.25, 0.3) is 0 Å². The average Bonchev–Trinajstić information content (AvgIpc) is 2.28. The first kappa shape index (κ1) is 20.2. The third kappa shape index (κ3) is 8.98. The predicted molar refractivity (Wildman–Crippen MR) is 67.8 cm³/mol. The molecule has 0 aromatic carbocycles. The number of halogens is 6. The molecule has 0 heterocycles. The highest BCUT2D eigenvalue weighted by molar-refractivity contribution is 5.82. The molecule has 0 rings (SSSR count). The number of hydrogen-bond donors (Lipinski definition) is 0. The largest absolute Gasteiger partial charge is 0.407 e. The molecule has 0 aliphatic heterocycles. The Morgan fingerprint density at radius 3 is 1.52 bits per heavy atom. The van der Waals surface area contributed by atoms with Crippen molar-refractivity contribution in [3.8, 4) is 0 Å². The van der Waals surface area contributed by atoms with Gasteiger partial charge in [-0.3, -0.25) is 4.79 Å². The molecule has 0 aliphatic rings. The van der Waals surface area contributed by atoms with E-state index in [1.807, 2.05) is 0 Å². The molecule has 0 bridgehead atoms. The number of Topliss-reactive ketones (excluding diaryl/α,β-unsaturated/α-hetero) is 1. The van der Waals surface area contributed by atoms with Crippen LogP contribution >= 0.6 is 0 Å². The number of carbonyl (C=O) groups is 1. The van der Waals surface area contributed by atoms with Crippen molar-refractivity contribution in [2.75, 3.05) is 0 Å². The highest BCUT2D eigenvalue weighted by Gasteiger charge is 2.60. The lowest BCUT2D eigenvalue weighted by atomic mass is 9.97. The maximum Gasteiger partial charge on any atom is 0.407 e. The monoisotopic (exact) mass is 320 g/mol. The predicted octanol–water partition coefficient (Wildman–Crippen LogP) is 5.83. The molecule has 0 aromatic heterocycles. The molecule has 0 aliphatic carbocycles. The Morgan fingerprint density at radius 2 is 1.14 bits per heavy atom. The molecule has 0 unspecified atom stereocenters. The van der Waals surface area contributed by atoms with E-state index in [0.717, 1.165) is 38.5 Å². The Kier molecular flexibility index (Phi) is 8.97. The van der Waals surface area contributed by atoms with Crippen LogP contribution in [0.1, 0.15) is 64.7 Å². The number of hydrogen-bond acceptors (Lipinski definition) is 1. The SMILES string of the molecule is CCCCCCCCCCC(=O)C(C(F)(F)F)C(F)(F)F. The van der Waals surface area contributed by atoms with E-state index >= 15 is 0 Å². The molecule has 0 N–H and O–H groups in total. The Morgan fingerprint density at radius 1 is 0.762 bits per heavy atom. The number of unbranched alkanes of at least 4 members (excludes halogenated alkanes) is 7. The second kappa shape index (κ2) is 9.30. The van der Waals surface area contributed by atoms with Crippen molar-refractivity contribution in [2.45, 2.75) is 77.1 Å². The Bertz CT molecular complexity index is 281. The normalized spacial score (nSPS) is 13.0. The summed E-state index contributed by atoms with van der Waals surface area (Å²) >= 11 is 0. The molecule has 0 atom stereocenters. The molecule has 1 nitrogen and oxygen atoms in total. The van der Waals surface area contributed by atoms with Crippen LogP contribution in [-0.2, 0) is 4.79 Å². The molecule has 0 saturated carbocycles. The Hall–Kier alpha value is -0.750. The summed E-state index contributed by atoms with van der Waals surface area (Å²) in [6.07, 6.45) is -5.27. The average molecular weight is 320 g/mol. The minimum absolute atomic E-state index is 0.0786. The summed E-state index contributed by atoms with van der Waals surface area (Å²) in [5.74, 6) is -5.62. The van der Waals surface area contributed by atoms with Gasteiger partial charge in [0.1, 0.15) is 0 Å². The Balaban J connectivity index is 4.01. The van der Waals surface area contributed by atoms with E-state index in [-0.39, 0.29) is 6.42 Å². The van der Waals surface area contributed by atoms with Crippen molar-refractivity contribution >= 4 is 5.78 Å². The van der Waals surface area contributed by atoms with Crippen LogP contribution in [-0.4, -0.2) is 18.1 Å². The summed E-state index contributed by atoms with van der Waals surface area (Å²) in [7, 11) is 0. The molecule has 0 radical (unpaired) electrons. The lowest BCUT2D eigenvalue weighted by molar-refractivity contribution is -0.273. The van der Waals surface area contributed by atoms with Gasteiger partial charge in [0.15, 0.2) is 5.78 Å².